The van der Waals surface area contributed by atoms with Crippen LogP contribution in [0.3, 0.4) is 0 Å². The molecule has 1 aliphatic rings. The van der Waals surface area contributed by atoms with Crippen molar-refractivity contribution in [3.63, 3.8) is 0 Å². The van der Waals surface area contributed by atoms with E-state index in [2.05, 4.69) is 15.3 Å². The first-order chi connectivity index (χ1) is 7.72. The van der Waals surface area contributed by atoms with E-state index in [0.717, 1.165) is 0 Å². The van der Waals surface area contributed by atoms with Crippen LogP contribution in [-0.2, 0) is 9.53 Å². The summed E-state index contributed by atoms with van der Waals surface area (Å²) in [4.78, 5) is 23.1. The molecule has 0 unspecified atom stereocenters. The molecule has 1 aliphatic heterocycles. The Labute approximate surface area is 92.1 Å². The van der Waals surface area contributed by atoms with Gasteiger partial charge in [0.05, 0.1) is 19.2 Å². The second-order valence-corrected chi connectivity index (χ2v) is 3.31. The lowest BCUT2D eigenvalue weighted by Crippen LogP contribution is -2.19. The first kappa shape index (κ1) is 10.4. The molecule has 1 aromatic carbocycles. The van der Waals surface area contributed by atoms with Crippen LogP contribution in [0.4, 0.5) is 5.69 Å². The molecule has 0 spiro atoms. The van der Waals surface area contributed by atoms with Crippen molar-refractivity contribution in [3.05, 3.63) is 29.8 Å². The number of fused-ring (bicyclic) bond motifs is 1. The number of esters is 1. The molecule has 0 aromatic heterocycles. The molecule has 1 heterocycles. The standard InChI is InChI=1S/C11H10N2O3/c1-16-11(15)9-6-10(14)7-4-2-3-5-8(7)12-13-9/h2-5,12H,6H2,1H3. The maximum atomic E-state index is 11.8. The van der Waals surface area contributed by atoms with Crippen LogP contribution in [-0.4, -0.2) is 24.6 Å². The first-order valence-electron chi connectivity index (χ1n) is 4.75. The number of ketones is 1. The second kappa shape index (κ2) is 4.14. The molecule has 0 amide bonds. The number of carbonyl (C=O) groups is 2. The fourth-order valence-electron chi connectivity index (χ4n) is 1.47. The van der Waals surface area contributed by atoms with Gasteiger partial charge in [-0.15, -0.1) is 0 Å². The van der Waals surface area contributed by atoms with Crippen LogP contribution in [0.25, 0.3) is 0 Å². The number of hydrogen-bond acceptors (Lipinski definition) is 5. The molecule has 0 radical (unpaired) electrons. The van der Waals surface area contributed by atoms with Gasteiger partial charge in [0.25, 0.3) is 0 Å². The minimum atomic E-state index is -0.589. The van der Waals surface area contributed by atoms with E-state index in [9.17, 15) is 9.59 Å². The highest BCUT2D eigenvalue weighted by Gasteiger charge is 2.22. The Balaban J connectivity index is 2.35. The maximum absolute atomic E-state index is 11.8. The Morgan fingerprint density at radius 1 is 1.44 bits per heavy atom. The highest BCUT2D eigenvalue weighted by atomic mass is 16.5. The van der Waals surface area contributed by atoms with Crippen molar-refractivity contribution in [2.45, 2.75) is 6.42 Å². The third-order valence-electron chi connectivity index (χ3n) is 2.29. The normalized spacial score (nSPS) is 14.3. The maximum Gasteiger partial charge on any atom is 0.354 e. The number of nitrogens with one attached hydrogen (secondary N) is 1. The van der Waals surface area contributed by atoms with Gasteiger partial charge in [0.2, 0.25) is 0 Å². The molecule has 2 rings (SSSR count). The molecule has 0 saturated carbocycles. The molecule has 0 atom stereocenters. The van der Waals surface area contributed by atoms with E-state index in [0.29, 0.717) is 11.3 Å². The highest BCUT2D eigenvalue weighted by Crippen LogP contribution is 2.20. The summed E-state index contributed by atoms with van der Waals surface area (Å²) < 4.78 is 4.53. The van der Waals surface area contributed by atoms with E-state index in [-0.39, 0.29) is 17.9 Å². The van der Waals surface area contributed by atoms with Gasteiger partial charge in [-0.3, -0.25) is 10.2 Å². The van der Waals surface area contributed by atoms with Gasteiger partial charge in [-0.25, -0.2) is 4.79 Å². The van der Waals surface area contributed by atoms with Crippen LogP contribution in [0.15, 0.2) is 29.4 Å². The Bertz CT molecular complexity index is 480. The van der Waals surface area contributed by atoms with E-state index in [1.807, 2.05) is 0 Å². The topological polar surface area (TPSA) is 67.8 Å². The van der Waals surface area contributed by atoms with Crippen LogP contribution in [0.2, 0.25) is 0 Å². The van der Waals surface area contributed by atoms with Gasteiger partial charge in [0.1, 0.15) is 0 Å². The van der Waals surface area contributed by atoms with Gasteiger partial charge in [0.15, 0.2) is 11.5 Å². The quantitative estimate of drug-likeness (QED) is 0.719. The van der Waals surface area contributed by atoms with E-state index in [1.54, 1.807) is 24.3 Å². The molecular weight excluding hydrogens is 208 g/mol. The van der Waals surface area contributed by atoms with Gasteiger partial charge in [-0.1, -0.05) is 12.1 Å². The molecule has 16 heavy (non-hydrogen) atoms. The second-order valence-electron chi connectivity index (χ2n) is 3.31. The lowest BCUT2D eigenvalue weighted by Gasteiger charge is -2.01. The van der Waals surface area contributed by atoms with Crippen LogP contribution in [0, 0.1) is 0 Å². The SMILES string of the molecule is COC(=O)C1=NNc2ccccc2C(=O)C1. The third kappa shape index (κ3) is 1.79. The van der Waals surface area contributed by atoms with Gasteiger partial charge in [0, 0.05) is 5.56 Å². The molecule has 1 aromatic rings. The van der Waals surface area contributed by atoms with Gasteiger partial charge in [-0.2, -0.15) is 5.10 Å². The van der Waals surface area contributed by atoms with Crippen molar-refractivity contribution in [3.8, 4) is 0 Å². The smallest absolute Gasteiger partial charge is 0.354 e. The molecule has 5 heteroatoms. The summed E-state index contributed by atoms with van der Waals surface area (Å²) in [6, 6.07) is 6.98. The van der Waals surface area contributed by atoms with E-state index >= 15 is 0 Å². The fourth-order valence-corrected chi connectivity index (χ4v) is 1.47. The number of hydrazone groups is 1. The Morgan fingerprint density at radius 3 is 2.94 bits per heavy atom. The molecule has 0 aliphatic carbocycles. The zero-order chi connectivity index (χ0) is 11.5. The molecule has 1 N–H and O–H groups in total. The molecule has 0 fully saturated rings. The number of Topliss-reactive ketones (excluding diaryl/α,β-unsaturated/α-hetero) is 1. The summed E-state index contributed by atoms with van der Waals surface area (Å²) in [6.07, 6.45) is -0.0450. The molecule has 5 nitrogen and oxygen atoms in total. The Hall–Kier alpha value is -2.17. The number of carbonyl (C=O) groups excluding carboxylic acids is 2. The Morgan fingerprint density at radius 2 is 2.19 bits per heavy atom. The lowest BCUT2D eigenvalue weighted by molar-refractivity contribution is -0.132. The van der Waals surface area contributed by atoms with Crippen molar-refractivity contribution in [1.82, 2.24) is 0 Å². The molecular formula is C11H10N2O3. The van der Waals surface area contributed by atoms with Crippen LogP contribution in [0.1, 0.15) is 16.8 Å². The largest absolute Gasteiger partial charge is 0.464 e. The fraction of sp³-hybridized carbons (Fsp3) is 0.182. The van der Waals surface area contributed by atoms with E-state index in [4.69, 9.17) is 0 Å². The number of ether oxygens (including phenoxy) is 1. The summed E-state index contributed by atoms with van der Waals surface area (Å²) in [5.41, 5.74) is 3.91. The van der Waals surface area contributed by atoms with E-state index < -0.39 is 5.97 Å². The predicted molar refractivity (Wildman–Crippen MR) is 58.5 cm³/mol. The number of hydrogen-bond donors (Lipinski definition) is 1. The number of nitrogens with zero attached hydrogens (tertiary/aromatic N) is 1. The number of para-hydroxylation sites is 1. The lowest BCUT2D eigenvalue weighted by atomic mass is 10.0. The summed E-state index contributed by atoms with van der Waals surface area (Å²) in [5.74, 6) is -0.738. The molecule has 0 bridgehead atoms. The van der Waals surface area contributed by atoms with Crippen LogP contribution in [0.5, 0.6) is 0 Å². The number of benzene rings is 1. The Kier molecular flexibility index (Phi) is 2.68. The van der Waals surface area contributed by atoms with E-state index in [1.165, 1.54) is 7.11 Å². The summed E-state index contributed by atoms with van der Waals surface area (Å²) >= 11 is 0. The van der Waals surface area contributed by atoms with Crippen molar-refractivity contribution in [2.75, 3.05) is 12.5 Å². The average molecular weight is 218 g/mol. The minimum Gasteiger partial charge on any atom is -0.464 e. The summed E-state index contributed by atoms with van der Waals surface area (Å²) in [6.45, 7) is 0. The zero-order valence-corrected chi connectivity index (χ0v) is 8.69. The number of methoxy groups -OCH3 is 1. The van der Waals surface area contributed by atoms with Crippen molar-refractivity contribution in [1.29, 1.82) is 0 Å². The van der Waals surface area contributed by atoms with Gasteiger partial charge in [-0.05, 0) is 12.1 Å². The molecule has 82 valence electrons. The highest BCUT2D eigenvalue weighted by molar-refractivity contribution is 6.41. The van der Waals surface area contributed by atoms with Crippen LogP contribution < -0.4 is 5.43 Å². The van der Waals surface area contributed by atoms with Gasteiger partial charge >= 0.3 is 5.97 Å². The van der Waals surface area contributed by atoms with Crippen LogP contribution >= 0.6 is 0 Å². The summed E-state index contributed by atoms with van der Waals surface area (Å²) in [5, 5.41) is 3.86. The average Bonchev–Trinajstić information content (AvgIpc) is 2.49. The zero-order valence-electron chi connectivity index (χ0n) is 8.69. The van der Waals surface area contributed by atoms with Crippen molar-refractivity contribution >= 4 is 23.2 Å². The third-order valence-corrected chi connectivity index (χ3v) is 2.29. The van der Waals surface area contributed by atoms with Gasteiger partial charge < -0.3 is 4.74 Å². The summed E-state index contributed by atoms with van der Waals surface area (Å²) in [7, 11) is 1.26. The molecule has 0 saturated heterocycles. The monoisotopic (exact) mass is 218 g/mol. The predicted octanol–water partition coefficient (Wildman–Crippen LogP) is 1.21. The first-order valence-corrected chi connectivity index (χ1v) is 4.75. The number of anilines is 1. The minimum absolute atomic E-state index is 0.0450. The number of rotatable bonds is 1. The van der Waals surface area contributed by atoms with Crippen molar-refractivity contribution in [2.24, 2.45) is 5.10 Å². The van der Waals surface area contributed by atoms with Crippen molar-refractivity contribution < 1.29 is 14.3 Å².